The highest BCUT2D eigenvalue weighted by atomic mass is 16.2. The lowest BCUT2D eigenvalue weighted by Crippen LogP contribution is -2.43. The Morgan fingerprint density at radius 2 is 1.96 bits per heavy atom. The van der Waals surface area contributed by atoms with Crippen LogP contribution in [0.25, 0.3) is 0 Å². The van der Waals surface area contributed by atoms with Crippen molar-refractivity contribution < 1.29 is 9.59 Å². The van der Waals surface area contributed by atoms with Gasteiger partial charge in [-0.1, -0.05) is 25.2 Å². The molecule has 0 spiro atoms. The summed E-state index contributed by atoms with van der Waals surface area (Å²) in [5, 5.41) is 3.45. The van der Waals surface area contributed by atoms with E-state index in [0.29, 0.717) is 11.5 Å². The zero-order valence-electron chi connectivity index (χ0n) is 16.1. The number of hydrogen-bond acceptors (Lipinski definition) is 3. The number of rotatable bonds is 6. The number of carbonyl (C=O) groups is 2. The predicted molar refractivity (Wildman–Crippen MR) is 107 cm³/mol. The number of unbranched alkanes of at least 4 members (excludes halogenated alkanes) is 2. The highest BCUT2D eigenvalue weighted by Crippen LogP contribution is 2.32. The molecule has 2 fully saturated rings. The number of amides is 2. The molecule has 0 bridgehead atoms. The van der Waals surface area contributed by atoms with Crippen LogP contribution in [-0.4, -0.2) is 35.8 Å². The largest absolute Gasteiger partial charge is 0.382 e. The van der Waals surface area contributed by atoms with Crippen LogP contribution in [-0.2, 0) is 4.79 Å². The molecule has 3 rings (SSSR count). The first-order chi connectivity index (χ1) is 13.1. The quantitative estimate of drug-likeness (QED) is 0.599. The van der Waals surface area contributed by atoms with Gasteiger partial charge in [0.05, 0.1) is 5.56 Å². The first-order valence-corrected chi connectivity index (χ1v) is 10.1. The number of nitrogens with one attached hydrogen (secondary N) is 1. The number of likely N-dealkylation sites (tertiary alicyclic amines) is 1. The number of nitrogens with zero attached hydrogens (tertiary/aromatic N) is 1. The number of piperidine rings is 1. The molecule has 2 aliphatic rings. The van der Waals surface area contributed by atoms with Crippen LogP contribution in [0.2, 0.25) is 0 Å². The van der Waals surface area contributed by atoms with E-state index in [0.717, 1.165) is 69.3 Å². The normalized spacial score (nSPS) is 17.1. The maximum Gasteiger partial charge on any atom is 0.250 e. The fourth-order valence-corrected chi connectivity index (χ4v) is 3.43. The monoisotopic (exact) mass is 367 g/mol. The minimum atomic E-state index is -0.448. The van der Waals surface area contributed by atoms with Crippen molar-refractivity contribution in [2.45, 2.75) is 57.9 Å². The number of anilines is 1. The van der Waals surface area contributed by atoms with E-state index < -0.39 is 5.91 Å². The van der Waals surface area contributed by atoms with Crippen LogP contribution in [0.1, 0.15) is 67.8 Å². The van der Waals surface area contributed by atoms with Crippen molar-refractivity contribution in [3.8, 4) is 11.8 Å². The molecule has 1 aromatic rings. The molecular weight excluding hydrogens is 338 g/mol. The maximum atomic E-state index is 12.2. The molecule has 144 valence electrons. The summed E-state index contributed by atoms with van der Waals surface area (Å²) < 4.78 is 0. The number of benzene rings is 1. The summed E-state index contributed by atoms with van der Waals surface area (Å²) in [6.45, 7) is 3.69. The molecule has 3 N–H and O–H groups in total. The predicted octanol–water partition coefficient (Wildman–Crippen LogP) is 3.14. The number of hydrogen-bond donors (Lipinski definition) is 2. The van der Waals surface area contributed by atoms with E-state index in [1.54, 1.807) is 6.07 Å². The first kappa shape index (κ1) is 19.3. The lowest BCUT2D eigenvalue weighted by molar-refractivity contribution is -0.133. The van der Waals surface area contributed by atoms with Crippen LogP contribution in [0, 0.1) is 17.8 Å². The van der Waals surface area contributed by atoms with E-state index in [1.807, 2.05) is 17.0 Å². The molecule has 5 nitrogen and oxygen atoms in total. The molecule has 1 aliphatic heterocycles. The second kappa shape index (κ2) is 8.94. The van der Waals surface area contributed by atoms with Crippen molar-refractivity contribution in [3.63, 3.8) is 0 Å². The van der Waals surface area contributed by atoms with Gasteiger partial charge >= 0.3 is 0 Å². The Labute approximate surface area is 161 Å². The molecule has 1 heterocycles. The van der Waals surface area contributed by atoms with Gasteiger partial charge in [-0.15, -0.1) is 0 Å². The van der Waals surface area contributed by atoms with Crippen LogP contribution >= 0.6 is 0 Å². The summed E-state index contributed by atoms with van der Waals surface area (Å²) in [6, 6.07) is 5.84. The van der Waals surface area contributed by atoms with Crippen LogP contribution in [0.3, 0.4) is 0 Å². The molecule has 1 saturated carbocycles. The fourth-order valence-electron chi connectivity index (χ4n) is 3.43. The van der Waals surface area contributed by atoms with E-state index in [4.69, 9.17) is 5.73 Å². The van der Waals surface area contributed by atoms with Gasteiger partial charge in [-0.05, 0) is 50.3 Å². The zero-order valence-corrected chi connectivity index (χ0v) is 16.1. The highest BCUT2D eigenvalue weighted by molar-refractivity contribution is 5.99. The average molecular weight is 367 g/mol. The van der Waals surface area contributed by atoms with Crippen LogP contribution in [0.4, 0.5) is 5.69 Å². The molecular formula is C22H29N3O2. The molecule has 5 heteroatoms. The van der Waals surface area contributed by atoms with Gasteiger partial charge in [0.2, 0.25) is 5.91 Å². The van der Waals surface area contributed by atoms with Gasteiger partial charge in [0.15, 0.2) is 0 Å². The fraction of sp³-hybridized carbons (Fsp3) is 0.545. The van der Waals surface area contributed by atoms with Gasteiger partial charge in [0.25, 0.3) is 5.91 Å². The summed E-state index contributed by atoms with van der Waals surface area (Å²) in [4.78, 5) is 26.0. The van der Waals surface area contributed by atoms with Crippen LogP contribution in [0.15, 0.2) is 18.2 Å². The Balaban J connectivity index is 1.61. The molecule has 1 saturated heterocycles. The third-order valence-electron chi connectivity index (χ3n) is 5.27. The van der Waals surface area contributed by atoms with E-state index in [9.17, 15) is 9.59 Å². The third-order valence-corrected chi connectivity index (χ3v) is 5.27. The van der Waals surface area contributed by atoms with E-state index in [2.05, 4.69) is 24.1 Å². The Morgan fingerprint density at radius 1 is 1.22 bits per heavy atom. The maximum absolute atomic E-state index is 12.2. The van der Waals surface area contributed by atoms with Crippen molar-refractivity contribution in [1.82, 2.24) is 4.90 Å². The highest BCUT2D eigenvalue weighted by Gasteiger charge is 2.34. The molecule has 0 aromatic heterocycles. The number of carbonyl (C=O) groups excluding carboxylic acids is 2. The summed E-state index contributed by atoms with van der Waals surface area (Å²) in [6.07, 6.45) is 6.93. The topological polar surface area (TPSA) is 75.4 Å². The van der Waals surface area contributed by atoms with E-state index in [1.165, 1.54) is 0 Å². The number of primary amides is 1. The molecule has 0 atom stereocenters. The smallest absolute Gasteiger partial charge is 0.250 e. The first-order valence-electron chi connectivity index (χ1n) is 10.1. The average Bonchev–Trinajstić information content (AvgIpc) is 3.51. The summed E-state index contributed by atoms with van der Waals surface area (Å²) in [5.74, 6) is 6.40. The third kappa shape index (κ3) is 5.26. The van der Waals surface area contributed by atoms with Gasteiger partial charge in [-0.25, -0.2) is 0 Å². The second-order valence-corrected chi connectivity index (χ2v) is 7.55. The Bertz CT molecular complexity index is 751. The van der Waals surface area contributed by atoms with Gasteiger partial charge in [-0.3, -0.25) is 9.59 Å². The van der Waals surface area contributed by atoms with Gasteiger partial charge in [0, 0.05) is 42.7 Å². The van der Waals surface area contributed by atoms with Crippen LogP contribution < -0.4 is 11.1 Å². The van der Waals surface area contributed by atoms with Crippen molar-refractivity contribution in [1.29, 1.82) is 0 Å². The summed E-state index contributed by atoms with van der Waals surface area (Å²) in [7, 11) is 0. The minimum absolute atomic E-state index is 0.243. The SMILES string of the molecule is CCCCC#Cc1ccc(NC2CCN(C(=O)C3CC3)CC2)c(C(N)=O)c1. The van der Waals surface area contributed by atoms with Crippen LogP contribution in [0.5, 0.6) is 0 Å². The van der Waals surface area contributed by atoms with Crippen molar-refractivity contribution in [3.05, 3.63) is 29.3 Å². The lowest BCUT2D eigenvalue weighted by Gasteiger charge is -2.33. The molecule has 1 aliphatic carbocycles. The summed E-state index contributed by atoms with van der Waals surface area (Å²) >= 11 is 0. The Kier molecular flexibility index (Phi) is 6.39. The molecule has 27 heavy (non-hydrogen) atoms. The molecule has 2 amide bonds. The van der Waals surface area contributed by atoms with E-state index >= 15 is 0 Å². The Morgan fingerprint density at radius 3 is 2.59 bits per heavy atom. The van der Waals surface area contributed by atoms with Gasteiger partial charge < -0.3 is 16.0 Å². The van der Waals surface area contributed by atoms with E-state index in [-0.39, 0.29) is 12.0 Å². The van der Waals surface area contributed by atoms with Crippen molar-refractivity contribution >= 4 is 17.5 Å². The Hall–Kier alpha value is -2.48. The lowest BCUT2D eigenvalue weighted by atomic mass is 10.0. The van der Waals surface area contributed by atoms with Crippen molar-refractivity contribution in [2.75, 3.05) is 18.4 Å². The summed E-state index contributed by atoms with van der Waals surface area (Å²) in [5.41, 5.74) is 7.64. The molecule has 0 unspecified atom stereocenters. The minimum Gasteiger partial charge on any atom is -0.382 e. The van der Waals surface area contributed by atoms with Gasteiger partial charge in [0.1, 0.15) is 0 Å². The van der Waals surface area contributed by atoms with Gasteiger partial charge in [-0.2, -0.15) is 0 Å². The molecule has 1 aromatic carbocycles. The second-order valence-electron chi connectivity index (χ2n) is 7.55. The standard InChI is InChI=1S/C22H29N3O2/c1-2-3-4-5-6-16-7-10-20(19(15-16)21(23)26)24-18-11-13-25(14-12-18)22(27)17-8-9-17/h7,10,15,17-18,24H,2-4,8-9,11-14H2,1H3,(H2,23,26). The molecule has 0 radical (unpaired) electrons. The zero-order chi connectivity index (χ0) is 19.2. The van der Waals surface area contributed by atoms with Crippen molar-refractivity contribution in [2.24, 2.45) is 11.7 Å². The number of nitrogens with two attached hydrogens (primary N) is 1.